The molecule has 41 heavy (non-hydrogen) atoms. The molecule has 0 fully saturated rings. The summed E-state index contributed by atoms with van der Waals surface area (Å²) in [5.41, 5.74) is 4.42. The monoisotopic (exact) mass is 566 g/mol. The minimum absolute atomic E-state index is 0.182. The van der Waals surface area contributed by atoms with Crippen LogP contribution in [0.1, 0.15) is 11.1 Å². The Kier molecular flexibility index (Phi) is 7.26. The van der Waals surface area contributed by atoms with E-state index >= 15 is 0 Å². The Morgan fingerprint density at radius 2 is 1.56 bits per heavy atom. The Hall–Kier alpha value is -4.89. The maximum atomic E-state index is 13.6. The predicted octanol–water partition coefficient (Wildman–Crippen LogP) is 6.40. The number of amides is 2. The average Bonchev–Trinajstić information content (AvgIpc) is 3.51. The van der Waals surface area contributed by atoms with Crippen LogP contribution in [0.3, 0.4) is 0 Å². The molecule has 0 bridgehead atoms. The van der Waals surface area contributed by atoms with E-state index in [2.05, 4.69) is 27.2 Å². The van der Waals surface area contributed by atoms with Crippen molar-refractivity contribution in [2.45, 2.75) is 18.9 Å². The summed E-state index contributed by atoms with van der Waals surface area (Å²) >= 11 is 1.62. The highest BCUT2D eigenvalue weighted by Gasteiger charge is 2.22. The molecule has 2 heterocycles. The number of benzene rings is 4. The van der Waals surface area contributed by atoms with Gasteiger partial charge < -0.3 is 10.6 Å². The lowest BCUT2D eigenvalue weighted by atomic mass is 10.0. The molecule has 0 aliphatic rings. The zero-order chi connectivity index (χ0) is 28.3. The maximum Gasteiger partial charge on any atom is 0.247 e. The van der Waals surface area contributed by atoms with Crippen LogP contribution < -0.4 is 10.6 Å². The second-order valence-corrected chi connectivity index (χ2v) is 10.7. The van der Waals surface area contributed by atoms with E-state index in [4.69, 9.17) is 4.98 Å². The molecule has 0 unspecified atom stereocenters. The molecular formula is C32H24F2N4O2S. The molecule has 1 atom stereocenters. The van der Waals surface area contributed by atoms with Crippen molar-refractivity contribution in [3.8, 4) is 11.3 Å². The molecule has 0 radical (unpaired) electrons. The zero-order valence-corrected chi connectivity index (χ0v) is 22.5. The number of thiazole rings is 1. The smallest absolute Gasteiger partial charge is 0.247 e. The van der Waals surface area contributed by atoms with Gasteiger partial charge in [0.05, 0.1) is 22.3 Å². The molecule has 0 saturated carbocycles. The molecule has 2 amide bonds. The number of halogens is 2. The molecule has 0 aliphatic heterocycles. The highest BCUT2D eigenvalue weighted by molar-refractivity contribution is 7.23. The fourth-order valence-electron chi connectivity index (χ4n) is 4.74. The van der Waals surface area contributed by atoms with E-state index in [-0.39, 0.29) is 18.4 Å². The van der Waals surface area contributed by atoms with Gasteiger partial charge in [0.15, 0.2) is 4.96 Å². The Morgan fingerprint density at radius 1 is 0.854 bits per heavy atom. The van der Waals surface area contributed by atoms with Crippen LogP contribution in [0.2, 0.25) is 0 Å². The van der Waals surface area contributed by atoms with Gasteiger partial charge in [-0.25, -0.2) is 13.8 Å². The number of para-hydroxylation sites is 1. The Balaban J connectivity index is 1.17. The van der Waals surface area contributed by atoms with E-state index in [1.165, 1.54) is 4.70 Å². The molecule has 9 heteroatoms. The van der Waals surface area contributed by atoms with Crippen molar-refractivity contribution in [3.63, 3.8) is 0 Å². The van der Waals surface area contributed by atoms with Crippen molar-refractivity contribution in [2.24, 2.45) is 0 Å². The van der Waals surface area contributed by atoms with Gasteiger partial charge in [0, 0.05) is 29.9 Å². The summed E-state index contributed by atoms with van der Waals surface area (Å²) in [7, 11) is 0. The Morgan fingerprint density at radius 3 is 2.32 bits per heavy atom. The maximum absolute atomic E-state index is 13.6. The number of imidazole rings is 1. The van der Waals surface area contributed by atoms with Gasteiger partial charge in [-0.1, -0.05) is 65.9 Å². The first kappa shape index (κ1) is 26.3. The topological polar surface area (TPSA) is 75.5 Å². The van der Waals surface area contributed by atoms with E-state index in [0.29, 0.717) is 5.69 Å². The summed E-state index contributed by atoms with van der Waals surface area (Å²) in [4.78, 5) is 31.8. The normalized spacial score (nSPS) is 12.0. The number of fused-ring (bicyclic) bond motifs is 3. The van der Waals surface area contributed by atoms with Crippen LogP contribution in [0.4, 0.5) is 14.5 Å². The second kappa shape index (κ2) is 11.3. The van der Waals surface area contributed by atoms with Crippen LogP contribution in [-0.4, -0.2) is 27.2 Å². The van der Waals surface area contributed by atoms with Gasteiger partial charge in [-0.2, -0.15) is 0 Å². The number of carbonyl (C=O) groups is 2. The lowest BCUT2D eigenvalue weighted by molar-refractivity contribution is -0.126. The van der Waals surface area contributed by atoms with Gasteiger partial charge in [0.25, 0.3) is 0 Å². The quantitative estimate of drug-likeness (QED) is 0.224. The van der Waals surface area contributed by atoms with Crippen molar-refractivity contribution in [3.05, 3.63) is 126 Å². The SMILES string of the molecule is O=C(Cc1cc(F)cc(F)c1)N[C@H](Cc1ccccc1)C(=O)Nc1ccc(-c2cn3c(n2)sc2ccccc23)cc1. The van der Waals surface area contributed by atoms with Gasteiger partial charge >= 0.3 is 0 Å². The van der Waals surface area contributed by atoms with E-state index in [1.807, 2.05) is 60.8 Å². The molecular weight excluding hydrogens is 542 g/mol. The highest BCUT2D eigenvalue weighted by atomic mass is 32.1. The standard InChI is InChI=1S/C32H24F2N4O2S/c33-23-14-21(15-24(34)18-23)17-30(39)36-26(16-20-6-2-1-3-7-20)31(40)35-25-12-10-22(11-13-25)27-19-38-28-8-4-5-9-29(28)41-32(38)37-27/h1-15,18-19,26H,16-17H2,(H,35,40)(H,36,39)/t26-/m1/s1. The van der Waals surface area contributed by atoms with E-state index in [1.54, 1.807) is 23.5 Å². The number of hydrogen-bond acceptors (Lipinski definition) is 4. The second-order valence-electron chi connectivity index (χ2n) is 9.68. The molecule has 4 aromatic carbocycles. The number of nitrogens with zero attached hydrogens (tertiary/aromatic N) is 2. The third-order valence-electron chi connectivity index (χ3n) is 6.67. The summed E-state index contributed by atoms with van der Waals surface area (Å²) in [6, 6.07) is 26.8. The molecule has 6 aromatic rings. The number of anilines is 1. The molecule has 204 valence electrons. The van der Waals surface area contributed by atoms with Crippen LogP contribution >= 0.6 is 11.3 Å². The van der Waals surface area contributed by atoms with Crippen molar-refractivity contribution in [1.29, 1.82) is 0 Å². The summed E-state index contributed by atoms with van der Waals surface area (Å²) in [6.45, 7) is 0. The van der Waals surface area contributed by atoms with Crippen LogP contribution in [0.15, 0.2) is 103 Å². The van der Waals surface area contributed by atoms with E-state index in [0.717, 1.165) is 45.5 Å². The first-order valence-corrected chi connectivity index (χ1v) is 13.8. The number of carbonyl (C=O) groups excluding carboxylic acids is 2. The predicted molar refractivity (Wildman–Crippen MR) is 157 cm³/mol. The van der Waals surface area contributed by atoms with E-state index in [9.17, 15) is 18.4 Å². The summed E-state index contributed by atoms with van der Waals surface area (Å²) in [5.74, 6) is -2.46. The first-order chi connectivity index (χ1) is 19.9. The van der Waals surface area contributed by atoms with Crippen molar-refractivity contribution in [1.82, 2.24) is 14.7 Å². The van der Waals surface area contributed by atoms with Gasteiger partial charge in [-0.05, 0) is 47.5 Å². The molecule has 0 spiro atoms. The molecule has 0 saturated heterocycles. The zero-order valence-electron chi connectivity index (χ0n) is 21.7. The minimum Gasteiger partial charge on any atom is -0.344 e. The fourth-order valence-corrected chi connectivity index (χ4v) is 5.75. The minimum atomic E-state index is -0.906. The summed E-state index contributed by atoms with van der Waals surface area (Å²) < 4.78 is 30.4. The molecule has 0 aliphatic carbocycles. The molecule has 6 nitrogen and oxygen atoms in total. The summed E-state index contributed by atoms with van der Waals surface area (Å²) in [5, 5.41) is 5.61. The van der Waals surface area contributed by atoms with Gasteiger partial charge in [0.2, 0.25) is 11.8 Å². The lowest BCUT2D eigenvalue weighted by Crippen LogP contribution is -2.45. The van der Waals surface area contributed by atoms with Crippen LogP contribution in [0.5, 0.6) is 0 Å². The van der Waals surface area contributed by atoms with Crippen LogP contribution in [0.25, 0.3) is 26.4 Å². The molecule has 6 rings (SSSR count). The third-order valence-corrected chi connectivity index (χ3v) is 7.70. The summed E-state index contributed by atoms with van der Waals surface area (Å²) in [6.07, 6.45) is 1.98. The number of aromatic nitrogens is 2. The number of rotatable bonds is 8. The van der Waals surface area contributed by atoms with Crippen LogP contribution in [0, 0.1) is 11.6 Å². The molecule has 2 aromatic heterocycles. The fraction of sp³-hybridized carbons (Fsp3) is 0.0938. The number of hydrogen-bond donors (Lipinski definition) is 2. The first-order valence-electron chi connectivity index (χ1n) is 13.0. The molecule has 2 N–H and O–H groups in total. The Bertz CT molecular complexity index is 1850. The third kappa shape index (κ3) is 6.00. The van der Waals surface area contributed by atoms with Crippen molar-refractivity contribution >= 4 is 44.0 Å². The van der Waals surface area contributed by atoms with Gasteiger partial charge in [0.1, 0.15) is 17.7 Å². The van der Waals surface area contributed by atoms with Crippen LogP contribution in [-0.2, 0) is 22.4 Å². The number of nitrogens with one attached hydrogen (secondary N) is 2. The Labute approximate surface area is 238 Å². The van der Waals surface area contributed by atoms with Crippen molar-refractivity contribution < 1.29 is 18.4 Å². The van der Waals surface area contributed by atoms with E-state index < -0.39 is 29.5 Å². The van der Waals surface area contributed by atoms with Gasteiger partial charge in [-0.15, -0.1) is 0 Å². The van der Waals surface area contributed by atoms with Gasteiger partial charge in [-0.3, -0.25) is 14.0 Å². The van der Waals surface area contributed by atoms with Crippen molar-refractivity contribution in [2.75, 3.05) is 5.32 Å². The lowest BCUT2D eigenvalue weighted by Gasteiger charge is -2.19. The largest absolute Gasteiger partial charge is 0.344 e. The average molecular weight is 567 g/mol. The highest BCUT2D eigenvalue weighted by Crippen LogP contribution is 2.29.